The Balaban J connectivity index is 1.93. The highest BCUT2D eigenvalue weighted by molar-refractivity contribution is 7.91. The number of amides is 1. The molecule has 0 N–H and O–H groups in total. The van der Waals surface area contributed by atoms with E-state index in [4.69, 9.17) is 0 Å². The van der Waals surface area contributed by atoms with E-state index in [9.17, 15) is 39.6 Å². The van der Waals surface area contributed by atoms with Crippen LogP contribution < -0.4 is 0 Å². The summed E-state index contributed by atoms with van der Waals surface area (Å²) in [5.74, 6) is -1.55. The van der Waals surface area contributed by atoms with Crippen LogP contribution in [0.1, 0.15) is 34.3 Å². The third-order valence-corrected chi connectivity index (χ3v) is 6.80. The first-order chi connectivity index (χ1) is 14.3. The van der Waals surface area contributed by atoms with Gasteiger partial charge in [0.1, 0.15) is 0 Å². The zero-order chi connectivity index (χ0) is 23.0. The Hall–Kier alpha value is -2.56. The Morgan fingerprint density at radius 3 is 2.00 bits per heavy atom. The molecule has 0 spiro atoms. The number of rotatable bonds is 4. The van der Waals surface area contributed by atoms with Crippen LogP contribution in [0.5, 0.6) is 0 Å². The molecule has 1 atom stereocenters. The van der Waals surface area contributed by atoms with Crippen molar-refractivity contribution in [3.8, 4) is 0 Å². The van der Waals surface area contributed by atoms with Gasteiger partial charge in [-0.15, -0.1) is 0 Å². The molecule has 0 radical (unpaired) electrons. The molecule has 4 nitrogen and oxygen atoms in total. The van der Waals surface area contributed by atoms with E-state index in [1.165, 1.54) is 24.3 Å². The van der Waals surface area contributed by atoms with Gasteiger partial charge in [-0.05, 0) is 43.2 Å². The topological polar surface area (TPSA) is 54.5 Å². The van der Waals surface area contributed by atoms with Gasteiger partial charge in [-0.2, -0.15) is 26.3 Å². The first-order valence-electron chi connectivity index (χ1n) is 9.17. The van der Waals surface area contributed by atoms with E-state index in [0.717, 1.165) is 4.90 Å². The molecule has 1 heterocycles. The van der Waals surface area contributed by atoms with E-state index >= 15 is 0 Å². The second-order valence-electron chi connectivity index (χ2n) is 7.18. The van der Waals surface area contributed by atoms with E-state index in [1.54, 1.807) is 6.07 Å². The lowest BCUT2D eigenvalue weighted by Gasteiger charge is -2.25. The Morgan fingerprint density at radius 1 is 0.935 bits per heavy atom. The van der Waals surface area contributed by atoms with Gasteiger partial charge in [-0.3, -0.25) is 4.79 Å². The normalized spacial score (nSPS) is 17.7. The number of carbonyl (C=O) groups is 1. The first kappa shape index (κ1) is 23.1. The molecule has 1 unspecified atom stereocenters. The molecule has 1 amide bonds. The van der Waals surface area contributed by atoms with Gasteiger partial charge in [0.25, 0.3) is 5.91 Å². The van der Waals surface area contributed by atoms with Gasteiger partial charge < -0.3 is 4.90 Å². The minimum Gasteiger partial charge on any atom is -0.335 e. The molecule has 0 aromatic heterocycles. The van der Waals surface area contributed by atoms with Gasteiger partial charge in [0, 0.05) is 18.2 Å². The van der Waals surface area contributed by atoms with Crippen LogP contribution in [0, 0.1) is 0 Å². The number of halogens is 6. The molecular weight excluding hydrogens is 448 g/mol. The Bertz CT molecular complexity index is 1030. The van der Waals surface area contributed by atoms with E-state index in [2.05, 4.69) is 0 Å². The number of hydrogen-bond acceptors (Lipinski definition) is 3. The summed E-state index contributed by atoms with van der Waals surface area (Å²) in [6, 6.07) is 7.21. The molecule has 1 aliphatic rings. The summed E-state index contributed by atoms with van der Waals surface area (Å²) >= 11 is 0. The van der Waals surface area contributed by atoms with Crippen molar-refractivity contribution in [2.45, 2.75) is 36.1 Å². The predicted octanol–water partition coefficient (Wildman–Crippen LogP) is 4.80. The fraction of sp³-hybridized carbons (Fsp3) is 0.350. The summed E-state index contributed by atoms with van der Waals surface area (Å²) in [5.41, 5.74) is -3.98. The highest BCUT2D eigenvalue weighted by Crippen LogP contribution is 2.37. The van der Waals surface area contributed by atoms with Crippen molar-refractivity contribution in [1.82, 2.24) is 4.90 Å². The highest BCUT2D eigenvalue weighted by Gasteiger charge is 2.39. The minimum atomic E-state index is -5.09. The molecule has 168 valence electrons. The SMILES string of the molecule is O=C(c1cc(C(F)(F)F)cc(C(F)(F)F)c1)N1CCCC1CS(=O)(=O)c1ccccc1. The summed E-state index contributed by atoms with van der Waals surface area (Å²) in [4.78, 5) is 13.9. The molecule has 1 saturated heterocycles. The van der Waals surface area contributed by atoms with Crippen molar-refractivity contribution in [3.63, 3.8) is 0 Å². The third-order valence-electron chi connectivity index (χ3n) is 4.99. The van der Waals surface area contributed by atoms with E-state index in [1.807, 2.05) is 0 Å². The summed E-state index contributed by atoms with van der Waals surface area (Å²) in [5, 5.41) is 0. The zero-order valence-electron chi connectivity index (χ0n) is 15.9. The van der Waals surface area contributed by atoms with Crippen molar-refractivity contribution in [1.29, 1.82) is 0 Å². The summed E-state index contributed by atoms with van der Waals surface area (Å²) in [6.07, 6.45) is -9.52. The third kappa shape index (κ3) is 5.20. The molecule has 1 aliphatic heterocycles. The van der Waals surface area contributed by atoms with Crippen LogP contribution >= 0.6 is 0 Å². The second-order valence-corrected chi connectivity index (χ2v) is 9.22. The average molecular weight is 465 g/mol. The number of alkyl halides is 6. The molecule has 0 bridgehead atoms. The molecule has 3 rings (SSSR count). The van der Waals surface area contributed by atoms with E-state index < -0.39 is 56.6 Å². The molecule has 31 heavy (non-hydrogen) atoms. The largest absolute Gasteiger partial charge is 0.416 e. The summed E-state index contributed by atoms with van der Waals surface area (Å²) in [7, 11) is -3.81. The van der Waals surface area contributed by atoms with Crippen molar-refractivity contribution in [3.05, 3.63) is 65.2 Å². The smallest absolute Gasteiger partial charge is 0.335 e. The standard InChI is InChI=1S/C20H17F6NO3S/c21-19(22,23)14-9-13(10-15(11-14)20(24,25)26)18(28)27-8-4-5-16(27)12-31(29,30)17-6-2-1-3-7-17/h1-3,6-7,9-11,16H,4-5,8,12H2. The van der Waals surface area contributed by atoms with E-state index in [0.29, 0.717) is 18.6 Å². The Kier molecular flexibility index (Phi) is 6.09. The van der Waals surface area contributed by atoms with Crippen molar-refractivity contribution < 1.29 is 39.6 Å². The number of hydrogen-bond donors (Lipinski definition) is 0. The molecular formula is C20H17F6NO3S. The number of likely N-dealkylation sites (tertiary alicyclic amines) is 1. The lowest BCUT2D eigenvalue weighted by atomic mass is 10.0. The number of sulfone groups is 1. The monoisotopic (exact) mass is 465 g/mol. The minimum absolute atomic E-state index is 0.0210. The molecule has 2 aromatic carbocycles. The number of nitrogens with zero attached hydrogens (tertiary/aromatic N) is 1. The maximum absolute atomic E-state index is 13.1. The number of benzene rings is 2. The predicted molar refractivity (Wildman–Crippen MR) is 99.0 cm³/mol. The molecule has 0 saturated carbocycles. The highest BCUT2D eigenvalue weighted by atomic mass is 32.2. The van der Waals surface area contributed by atoms with Gasteiger partial charge in [0.2, 0.25) is 0 Å². The van der Waals surface area contributed by atoms with Crippen LogP contribution in [0.25, 0.3) is 0 Å². The average Bonchev–Trinajstić information content (AvgIpc) is 3.13. The van der Waals surface area contributed by atoms with Crippen LogP contribution in [-0.2, 0) is 22.2 Å². The molecule has 1 fully saturated rings. The van der Waals surface area contributed by atoms with Gasteiger partial charge in [-0.1, -0.05) is 18.2 Å². The van der Waals surface area contributed by atoms with Gasteiger partial charge in [0.05, 0.1) is 21.8 Å². The van der Waals surface area contributed by atoms with Crippen LogP contribution in [0.15, 0.2) is 53.4 Å². The summed E-state index contributed by atoms with van der Waals surface area (Å²) < 4.78 is 104. The lowest BCUT2D eigenvalue weighted by molar-refractivity contribution is -0.143. The van der Waals surface area contributed by atoms with E-state index in [-0.39, 0.29) is 23.9 Å². The molecule has 0 aliphatic carbocycles. The van der Waals surface area contributed by atoms with Gasteiger partial charge >= 0.3 is 12.4 Å². The Labute approximate surface area is 174 Å². The van der Waals surface area contributed by atoms with Gasteiger partial charge in [0.15, 0.2) is 9.84 Å². The first-order valence-corrected chi connectivity index (χ1v) is 10.8. The fourth-order valence-electron chi connectivity index (χ4n) is 3.50. The maximum atomic E-state index is 13.1. The lowest BCUT2D eigenvalue weighted by Crippen LogP contribution is -2.39. The van der Waals surface area contributed by atoms with Crippen molar-refractivity contribution in [2.75, 3.05) is 12.3 Å². The summed E-state index contributed by atoms with van der Waals surface area (Å²) in [6.45, 7) is 0.0331. The second kappa shape index (κ2) is 8.18. The van der Waals surface area contributed by atoms with Crippen LogP contribution in [0.4, 0.5) is 26.3 Å². The maximum Gasteiger partial charge on any atom is 0.416 e. The van der Waals surface area contributed by atoms with Crippen LogP contribution in [-0.4, -0.2) is 37.6 Å². The van der Waals surface area contributed by atoms with Crippen LogP contribution in [0.3, 0.4) is 0 Å². The molecule has 11 heteroatoms. The number of carbonyl (C=O) groups excluding carboxylic acids is 1. The van der Waals surface area contributed by atoms with Gasteiger partial charge in [-0.25, -0.2) is 8.42 Å². The Morgan fingerprint density at radius 2 is 1.48 bits per heavy atom. The quantitative estimate of drug-likeness (QED) is 0.610. The van der Waals surface area contributed by atoms with Crippen LogP contribution in [0.2, 0.25) is 0 Å². The molecule has 2 aromatic rings. The van der Waals surface area contributed by atoms with Crippen molar-refractivity contribution >= 4 is 15.7 Å². The van der Waals surface area contributed by atoms with Crippen molar-refractivity contribution in [2.24, 2.45) is 0 Å². The fourth-order valence-corrected chi connectivity index (χ4v) is 5.12. The zero-order valence-corrected chi connectivity index (χ0v) is 16.7.